The van der Waals surface area contributed by atoms with Crippen LogP contribution in [-0.4, -0.2) is 15.2 Å². The van der Waals surface area contributed by atoms with Crippen LogP contribution in [0.15, 0.2) is 59.7 Å². The summed E-state index contributed by atoms with van der Waals surface area (Å²) in [5, 5.41) is 17.2. The van der Waals surface area contributed by atoms with E-state index in [1.807, 2.05) is 43.3 Å². The van der Waals surface area contributed by atoms with Crippen molar-refractivity contribution in [2.24, 2.45) is 5.73 Å². The lowest BCUT2D eigenvalue weighted by atomic mass is 9.96. The molecular formula is C22H17N5O. The van der Waals surface area contributed by atoms with Crippen LogP contribution >= 0.6 is 0 Å². The maximum absolute atomic E-state index is 12.0. The van der Waals surface area contributed by atoms with E-state index in [2.05, 4.69) is 21.3 Å². The van der Waals surface area contributed by atoms with Crippen molar-refractivity contribution in [3.63, 3.8) is 0 Å². The minimum absolute atomic E-state index is 0.226. The summed E-state index contributed by atoms with van der Waals surface area (Å²) in [5.74, 6) is 0. The minimum atomic E-state index is -0.246. The van der Waals surface area contributed by atoms with E-state index in [1.165, 1.54) is 0 Å². The first kappa shape index (κ1) is 17.6. The van der Waals surface area contributed by atoms with E-state index >= 15 is 0 Å². The quantitative estimate of drug-likeness (QED) is 0.577. The van der Waals surface area contributed by atoms with Crippen molar-refractivity contribution < 1.29 is 0 Å². The molecule has 0 amide bonds. The molecule has 0 radical (unpaired) electrons. The highest BCUT2D eigenvalue weighted by Gasteiger charge is 2.10. The first-order chi connectivity index (χ1) is 13.6. The number of H-pyrrole nitrogens is 1. The predicted octanol–water partition coefficient (Wildman–Crippen LogP) is 3.29. The molecule has 0 aliphatic carbocycles. The Morgan fingerprint density at radius 2 is 1.86 bits per heavy atom. The normalized spacial score (nSPS) is 10.8. The van der Waals surface area contributed by atoms with Gasteiger partial charge in [0.25, 0.3) is 5.56 Å². The zero-order valence-electron chi connectivity index (χ0n) is 15.2. The van der Waals surface area contributed by atoms with Gasteiger partial charge in [-0.15, -0.1) is 0 Å². The Hall–Kier alpha value is -3.82. The lowest BCUT2D eigenvalue weighted by Crippen LogP contribution is -2.13. The largest absolute Gasteiger partial charge is 0.325 e. The molecule has 3 N–H and O–H groups in total. The van der Waals surface area contributed by atoms with Gasteiger partial charge in [0.2, 0.25) is 0 Å². The number of aromatic amines is 1. The van der Waals surface area contributed by atoms with Crippen molar-refractivity contribution in [2.75, 3.05) is 0 Å². The van der Waals surface area contributed by atoms with Crippen LogP contribution in [0.1, 0.15) is 16.8 Å². The Morgan fingerprint density at radius 1 is 1.04 bits per heavy atom. The zero-order valence-corrected chi connectivity index (χ0v) is 15.2. The molecular weight excluding hydrogens is 350 g/mol. The van der Waals surface area contributed by atoms with Crippen LogP contribution in [-0.2, 0) is 6.54 Å². The molecule has 136 valence electrons. The molecule has 0 atom stereocenters. The molecule has 0 aliphatic rings. The van der Waals surface area contributed by atoms with Crippen molar-refractivity contribution in [2.45, 2.75) is 13.5 Å². The summed E-state index contributed by atoms with van der Waals surface area (Å²) in [6.45, 7) is 2.22. The number of nitrogens with two attached hydrogens (primary N) is 1. The molecule has 0 fully saturated rings. The third kappa shape index (κ3) is 3.04. The third-order valence-electron chi connectivity index (χ3n) is 4.74. The standard InChI is InChI=1S/C22H17N5O/c1-13-2-3-15(9-23)19(6-13)17-7-16(11-25-12-17)14-4-5-18-20(8-14)21(10-24)26-27-22(18)28/h2-8,11-12H,10,24H2,1H3,(H,27,28). The van der Waals surface area contributed by atoms with Gasteiger partial charge in [0, 0.05) is 41.0 Å². The van der Waals surface area contributed by atoms with Crippen molar-refractivity contribution >= 4 is 10.8 Å². The number of hydrogen-bond acceptors (Lipinski definition) is 5. The van der Waals surface area contributed by atoms with Crippen LogP contribution < -0.4 is 11.3 Å². The fourth-order valence-electron chi connectivity index (χ4n) is 3.29. The average Bonchev–Trinajstić information content (AvgIpc) is 2.74. The van der Waals surface area contributed by atoms with E-state index in [1.54, 1.807) is 18.5 Å². The highest BCUT2D eigenvalue weighted by molar-refractivity contribution is 5.88. The number of nitriles is 1. The Kier molecular flexibility index (Phi) is 4.44. The van der Waals surface area contributed by atoms with Gasteiger partial charge in [-0.2, -0.15) is 10.4 Å². The fourth-order valence-corrected chi connectivity index (χ4v) is 3.29. The number of pyridine rings is 1. The van der Waals surface area contributed by atoms with E-state index in [9.17, 15) is 10.1 Å². The molecule has 4 aromatic rings. The number of aryl methyl sites for hydroxylation is 1. The molecule has 0 saturated heterocycles. The summed E-state index contributed by atoms with van der Waals surface area (Å²) in [6.07, 6.45) is 3.51. The third-order valence-corrected chi connectivity index (χ3v) is 4.74. The number of fused-ring (bicyclic) bond motifs is 1. The van der Waals surface area contributed by atoms with Crippen LogP contribution in [0.5, 0.6) is 0 Å². The van der Waals surface area contributed by atoms with Gasteiger partial charge < -0.3 is 5.73 Å². The van der Waals surface area contributed by atoms with Crippen molar-refractivity contribution in [3.05, 3.63) is 82.0 Å². The smallest absolute Gasteiger partial charge is 0.272 e. The predicted molar refractivity (Wildman–Crippen MR) is 108 cm³/mol. The first-order valence-electron chi connectivity index (χ1n) is 8.78. The fraction of sp³-hybridized carbons (Fsp3) is 0.0909. The van der Waals surface area contributed by atoms with E-state index in [0.29, 0.717) is 16.6 Å². The van der Waals surface area contributed by atoms with Gasteiger partial charge in [-0.3, -0.25) is 9.78 Å². The van der Waals surface area contributed by atoms with Gasteiger partial charge in [0.05, 0.1) is 22.7 Å². The Bertz CT molecular complexity index is 1300. The minimum Gasteiger partial charge on any atom is -0.325 e. The summed E-state index contributed by atoms with van der Waals surface area (Å²) < 4.78 is 0. The van der Waals surface area contributed by atoms with Crippen molar-refractivity contribution in [1.29, 1.82) is 5.26 Å². The maximum atomic E-state index is 12.0. The first-order valence-corrected chi connectivity index (χ1v) is 8.78. The van der Waals surface area contributed by atoms with Gasteiger partial charge in [0.15, 0.2) is 0 Å². The second-order valence-electron chi connectivity index (χ2n) is 6.59. The van der Waals surface area contributed by atoms with Gasteiger partial charge in [-0.25, -0.2) is 5.10 Å². The highest BCUT2D eigenvalue weighted by atomic mass is 16.1. The topological polar surface area (TPSA) is 108 Å². The van der Waals surface area contributed by atoms with Crippen molar-refractivity contribution in [3.8, 4) is 28.3 Å². The molecule has 2 aromatic heterocycles. The molecule has 2 aromatic carbocycles. The van der Waals surface area contributed by atoms with E-state index in [0.717, 1.165) is 33.2 Å². The number of nitrogens with one attached hydrogen (secondary N) is 1. The lowest BCUT2D eigenvalue weighted by Gasteiger charge is -2.09. The Labute approximate surface area is 161 Å². The van der Waals surface area contributed by atoms with Gasteiger partial charge >= 0.3 is 0 Å². The molecule has 6 nitrogen and oxygen atoms in total. The molecule has 2 heterocycles. The number of nitrogens with zero attached hydrogens (tertiary/aromatic N) is 3. The second-order valence-corrected chi connectivity index (χ2v) is 6.59. The summed E-state index contributed by atoms with van der Waals surface area (Å²) in [4.78, 5) is 16.4. The van der Waals surface area contributed by atoms with E-state index in [4.69, 9.17) is 5.73 Å². The second kappa shape index (κ2) is 7.06. The van der Waals surface area contributed by atoms with Gasteiger partial charge in [0.1, 0.15) is 0 Å². The summed E-state index contributed by atoms with van der Waals surface area (Å²) in [7, 11) is 0. The summed E-state index contributed by atoms with van der Waals surface area (Å²) >= 11 is 0. The van der Waals surface area contributed by atoms with E-state index in [-0.39, 0.29) is 12.1 Å². The van der Waals surface area contributed by atoms with Gasteiger partial charge in [-0.1, -0.05) is 23.8 Å². The van der Waals surface area contributed by atoms with Crippen LogP contribution in [0.4, 0.5) is 0 Å². The Balaban J connectivity index is 1.88. The number of rotatable bonds is 3. The molecule has 0 spiro atoms. The molecule has 0 aliphatic heterocycles. The van der Waals surface area contributed by atoms with Crippen LogP contribution in [0.25, 0.3) is 33.0 Å². The number of benzene rings is 2. The molecule has 6 heteroatoms. The van der Waals surface area contributed by atoms with Gasteiger partial charge in [-0.05, 0) is 36.8 Å². The molecule has 0 bridgehead atoms. The SMILES string of the molecule is Cc1ccc(C#N)c(-c2cncc(-c3ccc4c(=O)[nH]nc(CN)c4c3)c2)c1. The maximum Gasteiger partial charge on any atom is 0.272 e. The molecule has 0 saturated carbocycles. The van der Waals surface area contributed by atoms with Crippen LogP contribution in [0, 0.1) is 18.3 Å². The summed E-state index contributed by atoms with van der Waals surface area (Å²) in [5.41, 5.74) is 11.3. The monoisotopic (exact) mass is 367 g/mol. The number of aromatic nitrogens is 3. The van der Waals surface area contributed by atoms with Crippen molar-refractivity contribution in [1.82, 2.24) is 15.2 Å². The molecule has 28 heavy (non-hydrogen) atoms. The Morgan fingerprint density at radius 3 is 2.64 bits per heavy atom. The average molecular weight is 367 g/mol. The summed E-state index contributed by atoms with van der Waals surface area (Å²) in [6, 6.07) is 15.5. The van der Waals surface area contributed by atoms with Crippen LogP contribution in [0.3, 0.4) is 0 Å². The highest BCUT2D eigenvalue weighted by Crippen LogP contribution is 2.29. The number of hydrogen-bond donors (Lipinski definition) is 2. The molecule has 0 unspecified atom stereocenters. The molecule has 4 rings (SSSR count). The van der Waals surface area contributed by atoms with Crippen LogP contribution in [0.2, 0.25) is 0 Å². The lowest BCUT2D eigenvalue weighted by molar-refractivity contribution is 0.900. The zero-order chi connectivity index (χ0) is 19.7. The van der Waals surface area contributed by atoms with E-state index < -0.39 is 0 Å².